The molecule has 1 aromatic carbocycles. The van der Waals surface area contributed by atoms with Gasteiger partial charge in [0.15, 0.2) is 6.29 Å². The van der Waals surface area contributed by atoms with Crippen LogP contribution >= 0.6 is 0 Å². The van der Waals surface area contributed by atoms with Gasteiger partial charge in [-0.1, -0.05) is 25.1 Å². The van der Waals surface area contributed by atoms with Crippen molar-refractivity contribution in [3.8, 4) is 11.4 Å². The number of hydrogen-bond acceptors (Lipinski definition) is 12. The standard InChI is InChI=1S/C29H31N3O11/c1-2-29(43-28(39)30-7-8-40-26-24(36)23(35)22(34)20(12-33)42-26)17-10-19-21-15(9-14-5-3-4-6-18(14)31-21)11-32(19)25(37)16(17)13-41-27(29)38/h3-6,9-10,20,22-24,26,33-36H,2,7-8,11-13H2,1H3,(H,30,39)/t20-,22-,23+,24-,26-,29+/m1/s1. The summed E-state index contributed by atoms with van der Waals surface area (Å²) in [6.45, 7) is 0.680. The van der Waals surface area contributed by atoms with E-state index in [-0.39, 0.29) is 42.9 Å². The SMILES string of the molecule is CC[C@@]1(OC(=O)NCCO[C@@H]2O[C@H](CO)[C@@H](O)[C@H](O)[C@H]2O)C(=O)OCc2c1cc1n(c2=O)Cc2cc3ccccc3nc2-1. The third-order valence-corrected chi connectivity index (χ3v) is 8.15. The van der Waals surface area contributed by atoms with Crippen molar-refractivity contribution in [2.24, 2.45) is 0 Å². The number of para-hydroxylation sites is 1. The monoisotopic (exact) mass is 597 g/mol. The van der Waals surface area contributed by atoms with E-state index in [0.29, 0.717) is 17.9 Å². The fraction of sp³-hybridized carbons (Fsp3) is 0.448. The van der Waals surface area contributed by atoms with Crippen LogP contribution in [0.5, 0.6) is 0 Å². The first kappa shape index (κ1) is 29.2. The fourth-order valence-corrected chi connectivity index (χ4v) is 5.81. The number of esters is 1. The molecule has 0 unspecified atom stereocenters. The number of nitrogens with zero attached hydrogens (tertiary/aromatic N) is 2. The molecular formula is C29H31N3O11. The average Bonchev–Trinajstić information content (AvgIpc) is 3.37. The zero-order chi connectivity index (χ0) is 30.5. The van der Waals surface area contributed by atoms with Crippen LogP contribution < -0.4 is 10.9 Å². The third kappa shape index (κ3) is 4.85. The molecule has 2 aromatic heterocycles. The summed E-state index contributed by atoms with van der Waals surface area (Å²) >= 11 is 0. The van der Waals surface area contributed by atoms with Gasteiger partial charge in [-0.15, -0.1) is 0 Å². The molecule has 1 amide bonds. The number of ether oxygens (including phenoxy) is 4. The Hall–Kier alpha value is -3.92. The van der Waals surface area contributed by atoms with Gasteiger partial charge in [0.05, 0.1) is 42.2 Å². The minimum Gasteiger partial charge on any atom is -0.457 e. The maximum absolute atomic E-state index is 13.6. The number of aliphatic hydroxyl groups is 4. The number of alkyl carbamates (subject to hydrolysis) is 1. The number of rotatable bonds is 7. The molecule has 0 spiro atoms. The van der Waals surface area contributed by atoms with Crippen LogP contribution in [0.3, 0.4) is 0 Å². The molecule has 0 aliphatic carbocycles. The van der Waals surface area contributed by atoms with Gasteiger partial charge in [-0.25, -0.2) is 14.6 Å². The number of benzene rings is 1. The van der Waals surface area contributed by atoms with Crippen molar-refractivity contribution >= 4 is 23.0 Å². The van der Waals surface area contributed by atoms with Gasteiger partial charge in [-0.2, -0.15) is 0 Å². The zero-order valence-electron chi connectivity index (χ0n) is 23.1. The molecule has 3 aliphatic rings. The highest BCUT2D eigenvalue weighted by molar-refractivity contribution is 5.88. The van der Waals surface area contributed by atoms with Crippen molar-refractivity contribution in [3.05, 3.63) is 63.4 Å². The van der Waals surface area contributed by atoms with Crippen molar-refractivity contribution in [1.29, 1.82) is 0 Å². The summed E-state index contributed by atoms with van der Waals surface area (Å²) < 4.78 is 23.2. The number of pyridine rings is 2. The average molecular weight is 598 g/mol. The smallest absolute Gasteiger partial charge is 0.408 e. The molecule has 1 fully saturated rings. The predicted molar refractivity (Wildman–Crippen MR) is 147 cm³/mol. The maximum Gasteiger partial charge on any atom is 0.408 e. The molecule has 3 aromatic rings. The summed E-state index contributed by atoms with van der Waals surface area (Å²) in [6.07, 6.45) is -8.27. The minimum atomic E-state index is -1.90. The summed E-state index contributed by atoms with van der Waals surface area (Å²) in [5.74, 6) is -0.816. The quantitative estimate of drug-likeness (QED) is 0.137. The van der Waals surface area contributed by atoms with Crippen LogP contribution in [0, 0.1) is 0 Å². The van der Waals surface area contributed by atoms with Crippen LogP contribution in [-0.2, 0) is 42.5 Å². The van der Waals surface area contributed by atoms with Gasteiger partial charge in [0.1, 0.15) is 31.0 Å². The molecule has 0 saturated carbocycles. The van der Waals surface area contributed by atoms with E-state index < -0.39 is 55.0 Å². The van der Waals surface area contributed by atoms with Gasteiger partial charge in [-0.05, 0) is 24.6 Å². The van der Waals surface area contributed by atoms with Crippen LogP contribution in [0.4, 0.5) is 4.79 Å². The van der Waals surface area contributed by atoms with Crippen LogP contribution in [0.25, 0.3) is 22.3 Å². The second kappa shape index (κ2) is 11.3. The highest BCUT2D eigenvalue weighted by Crippen LogP contribution is 2.41. The number of amides is 1. The van der Waals surface area contributed by atoms with Gasteiger partial charge >= 0.3 is 12.1 Å². The predicted octanol–water partition coefficient (Wildman–Crippen LogP) is -0.370. The summed E-state index contributed by atoms with van der Waals surface area (Å²) in [4.78, 5) is 44.5. The van der Waals surface area contributed by atoms with Gasteiger partial charge < -0.3 is 49.3 Å². The van der Waals surface area contributed by atoms with E-state index in [0.717, 1.165) is 16.5 Å². The summed E-state index contributed by atoms with van der Waals surface area (Å²) in [6, 6.07) is 11.2. The Labute approximate surface area is 244 Å². The van der Waals surface area contributed by atoms with Crippen LogP contribution in [-0.4, -0.2) is 92.5 Å². The van der Waals surface area contributed by atoms with E-state index >= 15 is 0 Å². The Kier molecular flexibility index (Phi) is 7.66. The first-order chi connectivity index (χ1) is 20.7. The Morgan fingerprint density at radius 2 is 1.95 bits per heavy atom. The second-order valence-electron chi connectivity index (χ2n) is 10.6. The van der Waals surface area contributed by atoms with E-state index in [1.54, 1.807) is 17.6 Å². The fourth-order valence-electron chi connectivity index (χ4n) is 5.81. The first-order valence-corrected chi connectivity index (χ1v) is 13.9. The van der Waals surface area contributed by atoms with Gasteiger partial charge in [0, 0.05) is 23.1 Å². The number of aromatic nitrogens is 2. The van der Waals surface area contributed by atoms with Crippen LogP contribution in [0.2, 0.25) is 0 Å². The molecule has 14 heteroatoms. The van der Waals surface area contributed by atoms with E-state index in [1.165, 1.54) is 0 Å². The van der Waals surface area contributed by atoms with Crippen molar-refractivity contribution in [1.82, 2.24) is 14.9 Å². The van der Waals surface area contributed by atoms with Crippen molar-refractivity contribution < 1.29 is 49.0 Å². The Bertz CT molecular complexity index is 1640. The van der Waals surface area contributed by atoms with Crippen molar-refractivity contribution in [2.45, 2.75) is 62.8 Å². The normalized spacial score (nSPS) is 27.7. The number of carbonyl (C=O) groups is 2. The molecule has 228 valence electrons. The number of carbonyl (C=O) groups excluding carboxylic acids is 2. The largest absolute Gasteiger partial charge is 0.457 e. The summed E-state index contributed by atoms with van der Waals surface area (Å²) in [5, 5.41) is 42.6. The summed E-state index contributed by atoms with van der Waals surface area (Å²) in [5.41, 5.74) is 0.903. The van der Waals surface area contributed by atoms with Crippen LogP contribution in [0.1, 0.15) is 30.0 Å². The molecular weight excluding hydrogens is 566 g/mol. The highest BCUT2D eigenvalue weighted by Gasteiger charge is 2.50. The van der Waals surface area contributed by atoms with E-state index in [9.17, 15) is 34.8 Å². The Balaban J connectivity index is 1.21. The topological polar surface area (TPSA) is 199 Å². The van der Waals surface area contributed by atoms with Gasteiger partial charge in [-0.3, -0.25) is 4.79 Å². The lowest BCUT2D eigenvalue weighted by Gasteiger charge is -2.39. The third-order valence-electron chi connectivity index (χ3n) is 8.15. The number of cyclic esters (lactones) is 1. The number of aliphatic hydroxyl groups excluding tert-OH is 4. The molecule has 0 radical (unpaired) electrons. The Morgan fingerprint density at radius 1 is 1.16 bits per heavy atom. The lowest BCUT2D eigenvalue weighted by Crippen LogP contribution is -2.59. The molecule has 3 aliphatic heterocycles. The number of hydrogen-bond donors (Lipinski definition) is 5. The highest BCUT2D eigenvalue weighted by atomic mass is 16.7. The van der Waals surface area contributed by atoms with Crippen molar-refractivity contribution in [2.75, 3.05) is 19.8 Å². The molecule has 6 atom stereocenters. The molecule has 43 heavy (non-hydrogen) atoms. The first-order valence-electron chi connectivity index (χ1n) is 13.9. The lowest BCUT2D eigenvalue weighted by atomic mass is 9.85. The van der Waals surface area contributed by atoms with E-state index in [4.69, 9.17) is 23.9 Å². The molecule has 6 rings (SSSR count). The van der Waals surface area contributed by atoms with Gasteiger partial charge in [0.25, 0.3) is 5.56 Å². The molecule has 0 bridgehead atoms. The summed E-state index contributed by atoms with van der Waals surface area (Å²) in [7, 11) is 0. The lowest BCUT2D eigenvalue weighted by molar-refractivity contribution is -0.300. The number of fused-ring (bicyclic) bond motifs is 5. The Morgan fingerprint density at radius 3 is 2.72 bits per heavy atom. The van der Waals surface area contributed by atoms with Gasteiger partial charge in [0.2, 0.25) is 5.60 Å². The molecule has 5 heterocycles. The van der Waals surface area contributed by atoms with Crippen LogP contribution in [0.15, 0.2) is 41.2 Å². The molecule has 1 saturated heterocycles. The van der Waals surface area contributed by atoms with E-state index in [1.807, 2.05) is 30.3 Å². The zero-order valence-corrected chi connectivity index (χ0v) is 23.1. The van der Waals surface area contributed by atoms with Crippen molar-refractivity contribution in [3.63, 3.8) is 0 Å². The maximum atomic E-state index is 13.6. The second-order valence-corrected chi connectivity index (χ2v) is 10.6. The van der Waals surface area contributed by atoms with E-state index in [2.05, 4.69) is 5.32 Å². The minimum absolute atomic E-state index is 0.0193. The molecule has 14 nitrogen and oxygen atoms in total. The molecule has 5 N–H and O–H groups in total. The number of nitrogens with one attached hydrogen (secondary N) is 1.